The van der Waals surface area contributed by atoms with Gasteiger partial charge in [0, 0.05) is 24.7 Å². The van der Waals surface area contributed by atoms with Crippen molar-refractivity contribution in [1.29, 1.82) is 0 Å². The van der Waals surface area contributed by atoms with Gasteiger partial charge in [-0.25, -0.2) is 12.8 Å². The minimum absolute atomic E-state index is 0.160. The Labute approximate surface area is 175 Å². The first-order chi connectivity index (χ1) is 14.3. The Bertz CT molecular complexity index is 1200. The zero-order chi connectivity index (χ0) is 21.3. The number of nitrogens with zero attached hydrogens (tertiary/aromatic N) is 1. The third-order valence-corrected chi connectivity index (χ3v) is 7.52. The molecular weight excluding hydrogens is 403 g/mol. The maximum atomic E-state index is 13.2. The number of piperidine rings is 1. The summed E-state index contributed by atoms with van der Waals surface area (Å²) >= 11 is 0. The number of hydrogen-bond donors (Lipinski definition) is 1. The number of rotatable bonds is 4. The number of fused-ring (bicyclic) bond motifs is 1. The van der Waals surface area contributed by atoms with Crippen LogP contribution < -0.4 is 5.32 Å². The number of halogens is 1. The van der Waals surface area contributed by atoms with Gasteiger partial charge in [0.1, 0.15) is 5.82 Å². The monoisotopic (exact) mass is 426 g/mol. The van der Waals surface area contributed by atoms with E-state index in [1.54, 1.807) is 25.1 Å². The standard InChI is InChI=1S/C23H23FN2O3S/c1-16-14-20(24)7-9-22(16)25-23(27)18-10-12-26(13-11-18)30(28,29)21-8-6-17-4-2-3-5-19(17)15-21/h2-9,14-15,18H,10-13H2,1H3,(H,25,27). The number of benzene rings is 3. The highest BCUT2D eigenvalue weighted by atomic mass is 32.2. The van der Waals surface area contributed by atoms with E-state index in [1.807, 2.05) is 30.3 Å². The molecule has 1 saturated heterocycles. The first-order valence-corrected chi connectivity index (χ1v) is 11.3. The third-order valence-electron chi connectivity index (χ3n) is 5.63. The van der Waals surface area contributed by atoms with Crippen LogP contribution in [0, 0.1) is 18.7 Å². The number of carbonyl (C=O) groups is 1. The summed E-state index contributed by atoms with van der Waals surface area (Å²) in [5.74, 6) is -0.789. The molecule has 0 atom stereocenters. The molecule has 0 aliphatic carbocycles. The number of anilines is 1. The van der Waals surface area contributed by atoms with Gasteiger partial charge in [0.25, 0.3) is 0 Å². The van der Waals surface area contributed by atoms with Crippen LogP contribution in [0.1, 0.15) is 18.4 Å². The molecule has 156 valence electrons. The molecule has 0 aromatic heterocycles. The average Bonchev–Trinajstić information content (AvgIpc) is 2.75. The second-order valence-electron chi connectivity index (χ2n) is 7.64. The highest BCUT2D eigenvalue weighted by Crippen LogP contribution is 2.27. The molecule has 1 N–H and O–H groups in total. The third kappa shape index (κ3) is 4.08. The first kappa shape index (κ1) is 20.5. The molecule has 1 fully saturated rings. The van der Waals surface area contributed by atoms with E-state index in [-0.39, 0.29) is 35.6 Å². The molecule has 0 unspecified atom stereocenters. The lowest BCUT2D eigenvalue weighted by atomic mass is 9.97. The van der Waals surface area contributed by atoms with E-state index in [2.05, 4.69) is 5.32 Å². The first-order valence-electron chi connectivity index (χ1n) is 9.90. The van der Waals surface area contributed by atoms with Gasteiger partial charge in [-0.05, 0) is 66.4 Å². The SMILES string of the molecule is Cc1cc(F)ccc1NC(=O)C1CCN(S(=O)(=O)c2ccc3ccccc3c2)CC1. The highest BCUT2D eigenvalue weighted by molar-refractivity contribution is 7.89. The largest absolute Gasteiger partial charge is 0.326 e. The molecule has 0 spiro atoms. The van der Waals surface area contributed by atoms with Gasteiger partial charge in [-0.3, -0.25) is 4.79 Å². The maximum absolute atomic E-state index is 13.2. The van der Waals surface area contributed by atoms with Crippen molar-refractivity contribution in [3.05, 3.63) is 72.0 Å². The number of nitrogens with one attached hydrogen (secondary N) is 1. The van der Waals surface area contributed by atoms with Gasteiger partial charge < -0.3 is 5.32 Å². The molecule has 5 nitrogen and oxygen atoms in total. The second-order valence-corrected chi connectivity index (χ2v) is 9.57. The maximum Gasteiger partial charge on any atom is 0.243 e. The van der Waals surface area contributed by atoms with Gasteiger partial charge in [0.2, 0.25) is 15.9 Å². The van der Waals surface area contributed by atoms with Crippen LogP contribution in [0.5, 0.6) is 0 Å². The Morgan fingerprint density at radius 3 is 2.40 bits per heavy atom. The predicted molar refractivity (Wildman–Crippen MR) is 115 cm³/mol. The van der Waals surface area contributed by atoms with Crippen molar-refractivity contribution in [2.24, 2.45) is 5.92 Å². The summed E-state index contributed by atoms with van der Waals surface area (Å²) in [5.41, 5.74) is 1.23. The summed E-state index contributed by atoms with van der Waals surface area (Å²) in [6.45, 7) is 2.31. The predicted octanol–water partition coefficient (Wildman–Crippen LogP) is 4.33. The number of sulfonamides is 1. The van der Waals surface area contributed by atoms with Gasteiger partial charge in [-0.15, -0.1) is 0 Å². The number of aryl methyl sites for hydroxylation is 1. The van der Waals surface area contributed by atoms with E-state index in [4.69, 9.17) is 0 Å². The molecule has 3 aromatic carbocycles. The van der Waals surface area contributed by atoms with E-state index in [9.17, 15) is 17.6 Å². The minimum Gasteiger partial charge on any atom is -0.326 e. The smallest absolute Gasteiger partial charge is 0.243 e. The van der Waals surface area contributed by atoms with Crippen LogP contribution in [0.15, 0.2) is 65.6 Å². The molecule has 0 saturated carbocycles. The summed E-state index contributed by atoms with van der Waals surface area (Å²) in [6, 6.07) is 17.0. The van der Waals surface area contributed by atoms with E-state index >= 15 is 0 Å². The molecule has 30 heavy (non-hydrogen) atoms. The van der Waals surface area contributed by atoms with Crippen LogP contribution in [0.3, 0.4) is 0 Å². The molecule has 4 rings (SSSR count). The summed E-state index contributed by atoms with van der Waals surface area (Å²) in [7, 11) is -3.61. The van der Waals surface area contributed by atoms with Crippen LogP contribution in [0.2, 0.25) is 0 Å². The topological polar surface area (TPSA) is 66.5 Å². The molecule has 0 radical (unpaired) electrons. The molecule has 1 aliphatic heterocycles. The second kappa shape index (κ2) is 8.16. The number of amides is 1. The van der Waals surface area contributed by atoms with Crippen molar-refractivity contribution in [2.45, 2.75) is 24.7 Å². The van der Waals surface area contributed by atoms with Gasteiger partial charge in [-0.2, -0.15) is 4.31 Å². The number of hydrogen-bond acceptors (Lipinski definition) is 3. The average molecular weight is 427 g/mol. The van der Waals surface area contributed by atoms with Gasteiger partial charge in [-0.1, -0.05) is 30.3 Å². The Balaban J connectivity index is 1.43. The van der Waals surface area contributed by atoms with E-state index in [0.717, 1.165) is 10.8 Å². The van der Waals surface area contributed by atoms with Gasteiger partial charge in [0.05, 0.1) is 4.90 Å². The molecule has 1 aliphatic rings. The summed E-state index contributed by atoms with van der Waals surface area (Å²) in [5, 5.41) is 4.71. The van der Waals surface area contributed by atoms with Crippen LogP contribution in [0.25, 0.3) is 10.8 Å². The Morgan fingerprint density at radius 1 is 1.00 bits per heavy atom. The van der Waals surface area contributed by atoms with E-state index in [1.165, 1.54) is 16.4 Å². The zero-order valence-corrected chi connectivity index (χ0v) is 17.5. The van der Waals surface area contributed by atoms with E-state index in [0.29, 0.717) is 24.1 Å². The van der Waals surface area contributed by atoms with E-state index < -0.39 is 10.0 Å². The fourth-order valence-corrected chi connectivity index (χ4v) is 5.34. The van der Waals surface area contributed by atoms with Crippen molar-refractivity contribution < 1.29 is 17.6 Å². The zero-order valence-electron chi connectivity index (χ0n) is 16.6. The molecule has 1 amide bonds. The van der Waals surface area contributed by atoms with Crippen molar-refractivity contribution in [3.8, 4) is 0 Å². The van der Waals surface area contributed by atoms with Crippen LogP contribution in [-0.2, 0) is 14.8 Å². The normalized spacial score (nSPS) is 15.9. The Kier molecular flexibility index (Phi) is 5.58. The molecule has 3 aromatic rings. The van der Waals surface area contributed by atoms with Crippen LogP contribution in [0.4, 0.5) is 10.1 Å². The van der Waals surface area contributed by atoms with Crippen molar-refractivity contribution >= 4 is 32.4 Å². The Hall–Kier alpha value is -2.77. The lowest BCUT2D eigenvalue weighted by Crippen LogP contribution is -2.41. The van der Waals surface area contributed by atoms with Crippen LogP contribution >= 0.6 is 0 Å². The molecular formula is C23H23FN2O3S. The lowest BCUT2D eigenvalue weighted by Gasteiger charge is -2.30. The molecule has 1 heterocycles. The summed E-state index contributed by atoms with van der Waals surface area (Å²) < 4.78 is 40.8. The van der Waals surface area contributed by atoms with Gasteiger partial charge >= 0.3 is 0 Å². The number of carbonyl (C=O) groups excluding carboxylic acids is 1. The summed E-state index contributed by atoms with van der Waals surface area (Å²) in [4.78, 5) is 12.9. The highest BCUT2D eigenvalue weighted by Gasteiger charge is 2.32. The quantitative estimate of drug-likeness (QED) is 0.675. The van der Waals surface area contributed by atoms with Crippen molar-refractivity contribution in [1.82, 2.24) is 4.31 Å². The lowest BCUT2D eigenvalue weighted by molar-refractivity contribution is -0.120. The van der Waals surface area contributed by atoms with Crippen molar-refractivity contribution in [2.75, 3.05) is 18.4 Å². The fourth-order valence-electron chi connectivity index (χ4n) is 3.84. The minimum atomic E-state index is -3.61. The summed E-state index contributed by atoms with van der Waals surface area (Å²) in [6.07, 6.45) is 0.887. The Morgan fingerprint density at radius 2 is 1.70 bits per heavy atom. The fraction of sp³-hybridized carbons (Fsp3) is 0.261. The molecule has 7 heteroatoms. The van der Waals surface area contributed by atoms with Crippen molar-refractivity contribution in [3.63, 3.8) is 0 Å². The van der Waals surface area contributed by atoms with Gasteiger partial charge in [0.15, 0.2) is 0 Å². The van der Waals surface area contributed by atoms with Crippen LogP contribution in [-0.4, -0.2) is 31.7 Å². The molecule has 0 bridgehead atoms.